The normalized spacial score (nSPS) is 17.0. The molecule has 19 heteroatoms. The summed E-state index contributed by atoms with van der Waals surface area (Å²) in [6.07, 6.45) is -43.1. The zero-order valence-corrected chi connectivity index (χ0v) is 12.3. The van der Waals surface area contributed by atoms with Gasteiger partial charge in [0.2, 0.25) is 5.41 Å². The van der Waals surface area contributed by atoms with E-state index in [9.17, 15) is 83.4 Å². The van der Waals surface area contributed by atoms with Gasteiger partial charge in [0, 0.05) is 6.08 Å². The van der Waals surface area contributed by atoms with Crippen LogP contribution in [0.15, 0.2) is 11.6 Å². The summed E-state index contributed by atoms with van der Waals surface area (Å²) in [7, 11) is 0. The summed E-state index contributed by atoms with van der Waals surface area (Å²) in [6, 6.07) is 0. The molecule has 0 aliphatic rings. The lowest BCUT2D eigenvalue weighted by Gasteiger charge is -2.47. The molecule has 0 nitrogen and oxygen atoms in total. The number of rotatable bonds is 3. The van der Waals surface area contributed by atoms with Crippen molar-refractivity contribution in [2.75, 3.05) is 0 Å². The Hall–Kier alpha value is -1.59. The van der Waals surface area contributed by atoms with Crippen LogP contribution in [0.4, 0.5) is 83.4 Å². The first-order chi connectivity index (χ1) is 12.1. The maximum absolute atomic E-state index is 13.4. The third kappa shape index (κ3) is 4.31. The molecule has 0 aliphatic carbocycles. The number of alkyl halides is 19. The van der Waals surface area contributed by atoms with Gasteiger partial charge in [0.25, 0.3) is 0 Å². The summed E-state index contributed by atoms with van der Waals surface area (Å²) >= 11 is 0. The van der Waals surface area contributed by atoms with Crippen molar-refractivity contribution in [2.24, 2.45) is 5.41 Å². The molecule has 0 aliphatic heterocycles. The van der Waals surface area contributed by atoms with Gasteiger partial charge in [-0.2, -0.15) is 83.4 Å². The van der Waals surface area contributed by atoms with Crippen molar-refractivity contribution in [3.8, 4) is 0 Å². The van der Waals surface area contributed by atoms with Gasteiger partial charge in [-0.1, -0.05) is 0 Å². The summed E-state index contributed by atoms with van der Waals surface area (Å²) in [6.45, 7) is 0. The van der Waals surface area contributed by atoms with Crippen molar-refractivity contribution >= 4 is 0 Å². The van der Waals surface area contributed by atoms with Crippen LogP contribution in [-0.4, -0.2) is 42.7 Å². The van der Waals surface area contributed by atoms with Crippen LogP contribution >= 0.6 is 0 Å². The molecule has 174 valence electrons. The van der Waals surface area contributed by atoms with Crippen LogP contribution in [0.2, 0.25) is 0 Å². The minimum atomic E-state index is -8.79. The van der Waals surface area contributed by atoms with Crippen molar-refractivity contribution in [3.63, 3.8) is 0 Å². The molecule has 0 aromatic carbocycles. The second-order valence-corrected chi connectivity index (χ2v) is 4.99. The molecule has 0 bridgehead atoms. The Morgan fingerprint density at radius 1 is 0.414 bits per heavy atom. The summed E-state index contributed by atoms with van der Waals surface area (Å²) < 4.78 is 241. The fourth-order valence-electron chi connectivity index (χ4n) is 2.04. The molecule has 0 saturated carbocycles. The predicted octanol–water partition coefficient (Wildman–Crippen LogP) is 6.98. The van der Waals surface area contributed by atoms with Gasteiger partial charge in [-0.3, -0.25) is 0 Å². The minimum Gasteiger partial charge on any atom is -0.195 e. The van der Waals surface area contributed by atoms with Gasteiger partial charge in [0.1, 0.15) is 0 Å². The molecule has 0 saturated heterocycles. The third-order valence-electron chi connectivity index (χ3n) is 3.10. The summed E-state index contributed by atoms with van der Waals surface area (Å²) in [5, 5.41) is 0. The van der Waals surface area contributed by atoms with Crippen LogP contribution in [0.25, 0.3) is 0 Å². The summed E-state index contributed by atoms with van der Waals surface area (Å²) in [5.41, 5.74) is -14.4. The standard InChI is InChI=1S/C10HF19/c11-3(12,13)1-2(5(14,15)16)4(8(21,22)23,6(17,18)9(24,25)26)7(19,20)10(27,28)29/h1H. The van der Waals surface area contributed by atoms with E-state index in [4.69, 9.17) is 0 Å². The average Bonchev–Trinajstić information content (AvgIpc) is 2.30. The molecule has 0 aromatic heterocycles. The van der Waals surface area contributed by atoms with E-state index < -0.39 is 59.8 Å². The molecule has 29 heavy (non-hydrogen) atoms. The topological polar surface area (TPSA) is 0 Å². The van der Waals surface area contributed by atoms with Crippen LogP contribution in [0.5, 0.6) is 0 Å². The second kappa shape index (κ2) is 6.71. The second-order valence-electron chi connectivity index (χ2n) is 4.99. The van der Waals surface area contributed by atoms with Gasteiger partial charge in [-0.05, 0) is 0 Å². The quantitative estimate of drug-likeness (QED) is 0.301. The van der Waals surface area contributed by atoms with Crippen molar-refractivity contribution < 1.29 is 83.4 Å². The molecule has 0 heterocycles. The van der Waals surface area contributed by atoms with Crippen LogP contribution in [0.3, 0.4) is 0 Å². The molecule has 0 unspecified atom stereocenters. The summed E-state index contributed by atoms with van der Waals surface area (Å²) in [4.78, 5) is 0. The molecular formula is C10HF19. The van der Waals surface area contributed by atoms with Gasteiger partial charge >= 0.3 is 42.7 Å². The first-order valence-corrected chi connectivity index (χ1v) is 5.92. The van der Waals surface area contributed by atoms with E-state index in [0.717, 1.165) is 0 Å². The Labute approximate surface area is 144 Å². The molecule has 0 amide bonds. The maximum Gasteiger partial charge on any atom is 0.454 e. The van der Waals surface area contributed by atoms with E-state index in [2.05, 4.69) is 0 Å². The first-order valence-electron chi connectivity index (χ1n) is 5.92. The molecule has 0 atom stereocenters. The molecule has 0 rings (SSSR count). The van der Waals surface area contributed by atoms with E-state index in [1.165, 1.54) is 0 Å². The highest BCUT2D eigenvalue weighted by Crippen LogP contribution is 2.71. The fraction of sp³-hybridized carbons (Fsp3) is 0.800. The fourth-order valence-corrected chi connectivity index (χ4v) is 2.04. The van der Waals surface area contributed by atoms with Gasteiger partial charge in [0.15, 0.2) is 0 Å². The number of allylic oxidation sites excluding steroid dienone is 2. The zero-order valence-electron chi connectivity index (χ0n) is 12.3. The van der Waals surface area contributed by atoms with Crippen LogP contribution < -0.4 is 0 Å². The largest absolute Gasteiger partial charge is 0.454 e. The highest BCUT2D eigenvalue weighted by atomic mass is 19.4. The predicted molar refractivity (Wildman–Crippen MR) is 50.7 cm³/mol. The van der Waals surface area contributed by atoms with E-state index in [1.807, 2.05) is 0 Å². The van der Waals surface area contributed by atoms with Crippen LogP contribution in [0, 0.1) is 5.41 Å². The van der Waals surface area contributed by atoms with Gasteiger partial charge in [0.05, 0.1) is 5.57 Å². The number of halogens is 19. The molecule has 0 N–H and O–H groups in total. The molecular weight excluding hydrogens is 481 g/mol. The van der Waals surface area contributed by atoms with Crippen LogP contribution in [-0.2, 0) is 0 Å². The third-order valence-corrected chi connectivity index (χ3v) is 3.10. The Bertz CT molecular complexity index is 588. The lowest BCUT2D eigenvalue weighted by Crippen LogP contribution is -2.73. The Morgan fingerprint density at radius 3 is 0.828 bits per heavy atom. The van der Waals surface area contributed by atoms with Crippen molar-refractivity contribution in [1.82, 2.24) is 0 Å². The van der Waals surface area contributed by atoms with Crippen molar-refractivity contribution in [1.29, 1.82) is 0 Å². The highest BCUT2D eigenvalue weighted by molar-refractivity contribution is 5.34. The Morgan fingerprint density at radius 2 is 0.690 bits per heavy atom. The SMILES string of the molecule is FC(F)(F)C=C(C(F)(F)F)C(C(F)(F)F)(C(F)(F)C(F)(F)F)C(F)(F)C(F)(F)F. The Balaban J connectivity index is 8.16. The van der Waals surface area contributed by atoms with Crippen molar-refractivity contribution in [2.45, 2.75) is 42.7 Å². The van der Waals surface area contributed by atoms with Gasteiger partial charge in [-0.25, -0.2) is 0 Å². The molecule has 0 aromatic rings. The zero-order chi connectivity index (χ0) is 24.3. The molecule has 0 spiro atoms. The smallest absolute Gasteiger partial charge is 0.195 e. The summed E-state index contributed by atoms with van der Waals surface area (Å²) in [5.74, 6) is -17.5. The highest BCUT2D eigenvalue weighted by Gasteiger charge is 2.95. The Kier molecular flexibility index (Phi) is 6.34. The van der Waals surface area contributed by atoms with E-state index in [1.54, 1.807) is 0 Å². The van der Waals surface area contributed by atoms with Gasteiger partial charge in [-0.15, -0.1) is 0 Å². The molecule has 0 radical (unpaired) electrons. The monoisotopic (exact) mass is 482 g/mol. The lowest BCUT2D eigenvalue weighted by molar-refractivity contribution is -0.457. The lowest BCUT2D eigenvalue weighted by atomic mass is 9.67. The first kappa shape index (κ1) is 27.4. The number of hydrogen-bond donors (Lipinski definition) is 0. The van der Waals surface area contributed by atoms with E-state index in [0.29, 0.717) is 0 Å². The molecule has 0 fully saturated rings. The van der Waals surface area contributed by atoms with E-state index in [-0.39, 0.29) is 0 Å². The van der Waals surface area contributed by atoms with Crippen LogP contribution in [0.1, 0.15) is 0 Å². The van der Waals surface area contributed by atoms with Crippen molar-refractivity contribution in [3.05, 3.63) is 11.6 Å². The van der Waals surface area contributed by atoms with E-state index >= 15 is 0 Å². The maximum atomic E-state index is 13.4. The minimum absolute atomic E-state index is 3.17. The number of hydrogen-bond acceptors (Lipinski definition) is 0. The average molecular weight is 482 g/mol. The van der Waals surface area contributed by atoms with Gasteiger partial charge < -0.3 is 0 Å².